The van der Waals surface area contributed by atoms with Gasteiger partial charge in [-0.15, -0.1) is 0 Å². The Balaban J connectivity index is 1.59. The third-order valence-electron chi connectivity index (χ3n) is 7.66. The molecule has 0 saturated heterocycles. The third-order valence-corrected chi connectivity index (χ3v) is 9.63. The molecule has 1 atom stereocenters. The lowest BCUT2D eigenvalue weighted by molar-refractivity contribution is -0.140. The van der Waals surface area contributed by atoms with Gasteiger partial charge in [0.05, 0.1) is 32.8 Å². The summed E-state index contributed by atoms with van der Waals surface area (Å²) in [5.41, 5.74) is 0.767. The molecule has 6 rings (SSSR count). The molecule has 0 saturated carbocycles. The van der Waals surface area contributed by atoms with Gasteiger partial charge >= 0.3 is 12.1 Å². The summed E-state index contributed by atoms with van der Waals surface area (Å²) in [5.74, 6) is -1.21. The van der Waals surface area contributed by atoms with Crippen LogP contribution < -0.4 is 14.9 Å². The molecule has 0 amide bonds. The van der Waals surface area contributed by atoms with Gasteiger partial charge in [-0.05, 0) is 61.4 Å². The van der Waals surface area contributed by atoms with Crippen LogP contribution in [0.25, 0.3) is 17.0 Å². The monoisotopic (exact) mass is 703 g/mol. The first-order chi connectivity index (χ1) is 21.9. The van der Waals surface area contributed by atoms with E-state index >= 15 is 0 Å². The highest BCUT2D eigenvalue weighted by Gasteiger charge is 2.45. The van der Waals surface area contributed by atoms with Gasteiger partial charge in [0.25, 0.3) is 5.56 Å². The van der Waals surface area contributed by atoms with Crippen LogP contribution in [0.5, 0.6) is 0 Å². The van der Waals surface area contributed by atoms with Crippen molar-refractivity contribution in [3.63, 3.8) is 0 Å². The highest BCUT2D eigenvalue weighted by atomic mass is 35.5. The summed E-state index contributed by atoms with van der Waals surface area (Å²) in [6.45, 7) is 3.67. The molecule has 0 bridgehead atoms. The Bertz CT molecular complexity index is 2240. The number of rotatable bonds is 6. The van der Waals surface area contributed by atoms with Crippen molar-refractivity contribution in [2.24, 2.45) is 4.99 Å². The second kappa shape index (κ2) is 12.4. The number of alkyl halides is 3. The Labute approximate surface area is 279 Å². The van der Waals surface area contributed by atoms with Crippen molar-refractivity contribution in [1.82, 2.24) is 9.13 Å². The van der Waals surface area contributed by atoms with E-state index in [0.717, 1.165) is 38.1 Å². The number of thiazole rings is 1. The predicted octanol–water partition coefficient (Wildman–Crippen LogP) is 7.61. The summed E-state index contributed by atoms with van der Waals surface area (Å²) >= 11 is 19.3. The zero-order valence-electron chi connectivity index (χ0n) is 24.2. The van der Waals surface area contributed by atoms with E-state index in [1.165, 1.54) is 31.2 Å². The number of ether oxygens (including phenoxy) is 1. The van der Waals surface area contributed by atoms with Crippen LogP contribution in [0.15, 0.2) is 87.8 Å². The van der Waals surface area contributed by atoms with E-state index in [4.69, 9.17) is 39.5 Å². The Morgan fingerprint density at radius 2 is 1.76 bits per heavy atom. The molecule has 3 heterocycles. The fourth-order valence-corrected chi connectivity index (χ4v) is 7.03. The predicted molar refractivity (Wildman–Crippen MR) is 174 cm³/mol. The summed E-state index contributed by atoms with van der Waals surface area (Å²) in [7, 11) is 0. The number of hydrogen-bond donors (Lipinski definition) is 0. The van der Waals surface area contributed by atoms with Crippen LogP contribution in [0.2, 0.25) is 15.1 Å². The summed E-state index contributed by atoms with van der Waals surface area (Å²) in [6.07, 6.45) is -3.34. The van der Waals surface area contributed by atoms with Gasteiger partial charge in [0, 0.05) is 33.7 Å². The lowest BCUT2D eigenvalue weighted by Gasteiger charge is -2.26. The zero-order chi connectivity index (χ0) is 32.9. The van der Waals surface area contributed by atoms with Crippen LogP contribution in [-0.4, -0.2) is 27.9 Å². The number of para-hydroxylation sites is 1. The highest BCUT2D eigenvalue weighted by molar-refractivity contribution is 7.07. The highest BCUT2D eigenvalue weighted by Crippen LogP contribution is 2.38. The van der Waals surface area contributed by atoms with Gasteiger partial charge in [0.2, 0.25) is 0 Å². The van der Waals surface area contributed by atoms with Crippen LogP contribution in [0, 0.1) is 6.92 Å². The molecular weight excluding hydrogens is 682 g/mol. The molecule has 0 unspecified atom stereocenters. The van der Waals surface area contributed by atoms with E-state index in [1.54, 1.807) is 18.2 Å². The quantitative estimate of drug-likeness (QED) is 0.171. The van der Waals surface area contributed by atoms with Gasteiger partial charge in [-0.2, -0.15) is 13.2 Å². The molecule has 5 aromatic rings. The molecule has 46 heavy (non-hydrogen) atoms. The number of halogens is 6. The van der Waals surface area contributed by atoms with Gasteiger partial charge in [0.1, 0.15) is 0 Å². The molecule has 1 aliphatic rings. The topological polar surface area (TPSA) is 65.6 Å². The molecule has 0 fully saturated rings. The van der Waals surface area contributed by atoms with Crippen molar-refractivity contribution < 1.29 is 22.7 Å². The standard InChI is InChI=1S/C33H23Cl3F3N3O3S/c1-3-45-31(44)27-28(19-9-11-20(34)12-10-19)42-30(43)26(46-32(42)40-29(27)33(37,38)39)15-22-17(2)41(25-7-5-4-6-21(22)25)16-18-8-13-23(35)24(36)14-18/h4-15,28H,3,16H2,1-2H3/b26-15-/t28-/m0/s1. The van der Waals surface area contributed by atoms with Gasteiger partial charge in [-0.1, -0.05) is 82.5 Å². The minimum absolute atomic E-state index is 0.143. The van der Waals surface area contributed by atoms with Gasteiger partial charge in [-0.3, -0.25) is 9.36 Å². The number of carbonyl (C=O) groups is 1. The van der Waals surface area contributed by atoms with Crippen molar-refractivity contribution in [3.8, 4) is 0 Å². The van der Waals surface area contributed by atoms with Crippen molar-refractivity contribution in [3.05, 3.63) is 135 Å². The lowest BCUT2D eigenvalue weighted by Crippen LogP contribution is -2.41. The number of allylic oxidation sites excluding steroid dienone is 1. The molecule has 0 spiro atoms. The number of hydrogen-bond acceptors (Lipinski definition) is 5. The van der Waals surface area contributed by atoms with Crippen LogP contribution in [0.1, 0.15) is 35.3 Å². The molecule has 236 valence electrons. The van der Waals surface area contributed by atoms with E-state index in [2.05, 4.69) is 9.56 Å². The molecule has 13 heteroatoms. The maximum absolute atomic E-state index is 14.5. The smallest absolute Gasteiger partial charge is 0.434 e. The number of fused-ring (bicyclic) bond motifs is 2. The molecule has 6 nitrogen and oxygen atoms in total. The van der Waals surface area contributed by atoms with Crippen LogP contribution in [-0.2, 0) is 16.1 Å². The summed E-state index contributed by atoms with van der Waals surface area (Å²) < 4.78 is 51.8. The Morgan fingerprint density at radius 3 is 2.43 bits per heavy atom. The van der Waals surface area contributed by atoms with E-state index in [9.17, 15) is 22.8 Å². The maximum atomic E-state index is 14.5. The van der Waals surface area contributed by atoms with Gasteiger partial charge in [0.15, 0.2) is 10.5 Å². The van der Waals surface area contributed by atoms with Crippen LogP contribution in [0.4, 0.5) is 13.2 Å². The Hall–Kier alpha value is -3.83. The number of nitrogens with zero attached hydrogens (tertiary/aromatic N) is 3. The van der Waals surface area contributed by atoms with Gasteiger partial charge < -0.3 is 9.30 Å². The number of esters is 1. The largest absolute Gasteiger partial charge is 0.463 e. The first kappa shape index (κ1) is 32.1. The van der Waals surface area contributed by atoms with Crippen molar-refractivity contribution in [2.45, 2.75) is 32.6 Å². The first-order valence-corrected chi connectivity index (χ1v) is 15.9. The van der Waals surface area contributed by atoms with Gasteiger partial charge in [-0.25, -0.2) is 9.79 Å². The van der Waals surface area contributed by atoms with Crippen molar-refractivity contribution in [2.75, 3.05) is 6.61 Å². The molecule has 0 N–H and O–H groups in total. The molecule has 3 aromatic carbocycles. The first-order valence-electron chi connectivity index (χ1n) is 14.0. The molecule has 0 aliphatic carbocycles. The van der Waals surface area contributed by atoms with Crippen LogP contribution in [0.3, 0.4) is 0 Å². The van der Waals surface area contributed by atoms with Crippen LogP contribution >= 0.6 is 46.1 Å². The van der Waals surface area contributed by atoms with E-state index in [-0.39, 0.29) is 21.5 Å². The number of benzene rings is 3. The zero-order valence-corrected chi connectivity index (χ0v) is 27.2. The molecule has 1 aliphatic heterocycles. The normalized spacial score (nSPS) is 15.3. The van der Waals surface area contributed by atoms with E-state index < -0.39 is 35.0 Å². The molecule has 0 radical (unpaired) electrons. The number of carbonyl (C=O) groups excluding carboxylic acids is 1. The SMILES string of the molecule is CCOC(=O)C1=C(C(F)(F)F)N=c2s/c(=C\c3c(C)n(Cc4ccc(Cl)c(Cl)c4)c4ccccc34)c(=O)n2[C@H]1c1ccc(Cl)cc1. The second-order valence-corrected chi connectivity index (χ2v) is 12.7. The fourth-order valence-electron chi connectivity index (χ4n) is 5.60. The minimum atomic E-state index is -5.00. The minimum Gasteiger partial charge on any atom is -0.463 e. The number of aromatic nitrogens is 2. The van der Waals surface area contributed by atoms with Crippen molar-refractivity contribution >= 4 is 69.1 Å². The van der Waals surface area contributed by atoms with Crippen molar-refractivity contribution in [1.29, 1.82) is 0 Å². The Kier molecular flexibility index (Phi) is 8.67. The Morgan fingerprint density at radius 1 is 1.04 bits per heavy atom. The maximum Gasteiger partial charge on any atom is 0.434 e. The van der Waals surface area contributed by atoms with E-state index in [0.29, 0.717) is 27.2 Å². The third kappa shape index (κ3) is 5.79. The molecule has 2 aromatic heterocycles. The fraction of sp³-hybridized carbons (Fsp3) is 0.182. The van der Waals surface area contributed by atoms with E-state index in [1.807, 2.05) is 37.3 Å². The lowest BCUT2D eigenvalue weighted by atomic mass is 9.95. The summed E-state index contributed by atoms with van der Waals surface area (Å²) in [6, 6.07) is 17.5. The average molecular weight is 705 g/mol. The summed E-state index contributed by atoms with van der Waals surface area (Å²) in [5, 5.41) is 2.03. The second-order valence-electron chi connectivity index (χ2n) is 10.5. The molecular formula is C33H23Cl3F3N3O3S. The summed E-state index contributed by atoms with van der Waals surface area (Å²) in [4.78, 5) is 30.9. The average Bonchev–Trinajstić information content (AvgIpc) is 3.47.